The molecule has 7 heteroatoms. The second kappa shape index (κ2) is 5.52. The molecule has 0 aliphatic rings. The average Bonchev–Trinajstić information content (AvgIpc) is 2.16. The number of hydrogen-bond acceptors (Lipinski definition) is 4. The van der Waals surface area contributed by atoms with Gasteiger partial charge in [-0.25, -0.2) is 0 Å². The summed E-state index contributed by atoms with van der Waals surface area (Å²) < 4.78 is 0. The molecule has 1 unspecified atom stereocenters. The van der Waals surface area contributed by atoms with Crippen molar-refractivity contribution < 1.29 is 14.6 Å². The molecule has 88 valence electrons. The number of rotatable bonds is 5. The van der Waals surface area contributed by atoms with Crippen molar-refractivity contribution in [3.8, 4) is 0 Å². The summed E-state index contributed by atoms with van der Waals surface area (Å²) in [4.78, 5) is 32.8. The fourth-order valence-corrected chi connectivity index (χ4v) is 2.23. The first kappa shape index (κ1) is 13.3. The predicted molar refractivity (Wildman–Crippen MR) is 60.5 cm³/mol. The Morgan fingerprint density at radius 1 is 1.44 bits per heavy atom. The van der Waals surface area contributed by atoms with Gasteiger partial charge in [-0.1, -0.05) is 30.3 Å². The molecular formula is C9H11N2O3PS-2. The molecule has 3 N–H and O–H groups in total. The van der Waals surface area contributed by atoms with Crippen LogP contribution in [-0.2, 0) is 23.0 Å². The summed E-state index contributed by atoms with van der Waals surface area (Å²) in [6.07, 6.45) is 0.193. The van der Waals surface area contributed by atoms with E-state index < -0.39 is 18.6 Å². The van der Waals surface area contributed by atoms with Crippen molar-refractivity contribution in [2.45, 2.75) is 12.5 Å². The first-order chi connectivity index (χ1) is 7.38. The van der Waals surface area contributed by atoms with Crippen LogP contribution in [0.2, 0.25) is 0 Å². The first-order valence-corrected chi connectivity index (χ1v) is 7.15. The first-order valence-electron chi connectivity index (χ1n) is 4.51. The van der Waals surface area contributed by atoms with Crippen LogP contribution in [0.3, 0.4) is 0 Å². The summed E-state index contributed by atoms with van der Waals surface area (Å²) in [6, 6.07) is 7.95. The molecule has 0 heterocycles. The van der Waals surface area contributed by atoms with Crippen LogP contribution in [0.5, 0.6) is 0 Å². The lowest BCUT2D eigenvalue weighted by molar-refractivity contribution is -0.299. The van der Waals surface area contributed by atoms with Crippen LogP contribution in [0.25, 0.3) is 0 Å². The number of carbonyl (C=O) groups excluding carboxylic acids is 1. The van der Waals surface area contributed by atoms with Crippen LogP contribution in [0.4, 0.5) is 0 Å². The van der Waals surface area contributed by atoms with Gasteiger partial charge in [-0.05, 0) is 12.0 Å². The zero-order valence-corrected chi connectivity index (χ0v) is 10.0. The minimum absolute atomic E-state index is 0.193. The Hall–Kier alpha value is -0.780. The zero-order valence-electron chi connectivity index (χ0n) is 8.33. The molecule has 0 aromatic heterocycles. The van der Waals surface area contributed by atoms with Crippen molar-refractivity contribution >= 4 is 24.4 Å². The molecule has 1 amide bonds. The number of primary amides is 1. The van der Waals surface area contributed by atoms with Gasteiger partial charge in [0, 0.05) is 0 Å². The topological polar surface area (TPSA) is 101 Å². The second-order valence-electron chi connectivity index (χ2n) is 3.27. The van der Waals surface area contributed by atoms with E-state index in [-0.39, 0.29) is 6.42 Å². The summed E-state index contributed by atoms with van der Waals surface area (Å²) >= 11 is 4.18. The number of carbonyl (C=O) groups is 1. The van der Waals surface area contributed by atoms with Crippen LogP contribution in [0, 0.1) is 0 Å². The maximum absolute atomic E-state index is 11.0. The van der Waals surface area contributed by atoms with Gasteiger partial charge >= 0.3 is 0 Å². The van der Waals surface area contributed by atoms with E-state index in [0.717, 1.165) is 5.56 Å². The van der Waals surface area contributed by atoms with Gasteiger partial charge in [0.2, 0.25) is 5.91 Å². The summed E-state index contributed by atoms with van der Waals surface area (Å²) in [5, 5.41) is 2.04. The van der Waals surface area contributed by atoms with Crippen LogP contribution in [-0.4, -0.2) is 11.9 Å². The van der Waals surface area contributed by atoms with E-state index in [1.54, 1.807) is 24.3 Å². The third kappa shape index (κ3) is 4.83. The van der Waals surface area contributed by atoms with E-state index in [1.165, 1.54) is 0 Å². The van der Waals surface area contributed by atoms with Gasteiger partial charge in [-0.2, -0.15) is 6.64 Å². The van der Waals surface area contributed by atoms with Crippen LogP contribution >= 0.6 is 6.64 Å². The number of nitrogens with two attached hydrogens (primary N) is 1. The summed E-state index contributed by atoms with van der Waals surface area (Å²) in [6.45, 7) is -4.13. The Bertz CT molecular complexity index is 406. The number of hydrogen-bond donors (Lipinski definition) is 2. The molecule has 0 fully saturated rings. The van der Waals surface area contributed by atoms with Crippen LogP contribution in [0.1, 0.15) is 5.56 Å². The van der Waals surface area contributed by atoms with Crippen molar-refractivity contribution in [3.05, 3.63) is 35.9 Å². The van der Waals surface area contributed by atoms with E-state index in [1.807, 2.05) is 11.2 Å². The normalized spacial score (nSPS) is 13.4. The van der Waals surface area contributed by atoms with Crippen LogP contribution in [0.15, 0.2) is 30.3 Å². The number of amides is 1. The minimum Gasteiger partial charge on any atom is -0.821 e. The van der Waals surface area contributed by atoms with Gasteiger partial charge < -0.3 is 20.6 Å². The molecule has 0 bridgehead atoms. The third-order valence-electron chi connectivity index (χ3n) is 1.94. The van der Waals surface area contributed by atoms with E-state index >= 15 is 0 Å². The fourth-order valence-electron chi connectivity index (χ4n) is 1.25. The molecule has 0 saturated heterocycles. The van der Waals surface area contributed by atoms with E-state index in [2.05, 4.69) is 11.8 Å². The molecule has 1 aromatic rings. The molecule has 16 heavy (non-hydrogen) atoms. The molecule has 1 aromatic carbocycles. The largest absolute Gasteiger partial charge is 0.821 e. The SMILES string of the molecule is NC(=O)C(Cc1ccccc1)NP([O-])([O-])=S. The smallest absolute Gasteiger partial charge is 0.235 e. The highest BCUT2D eigenvalue weighted by Crippen LogP contribution is 2.19. The van der Waals surface area contributed by atoms with Crippen molar-refractivity contribution in [3.63, 3.8) is 0 Å². The summed E-state index contributed by atoms with van der Waals surface area (Å²) in [5.74, 6) is -0.746. The molecule has 5 nitrogen and oxygen atoms in total. The van der Waals surface area contributed by atoms with E-state index in [0.29, 0.717) is 0 Å². The van der Waals surface area contributed by atoms with Gasteiger partial charge in [0.15, 0.2) is 0 Å². The quantitative estimate of drug-likeness (QED) is 0.634. The van der Waals surface area contributed by atoms with Crippen molar-refractivity contribution in [2.24, 2.45) is 5.73 Å². The second-order valence-corrected chi connectivity index (χ2v) is 5.97. The molecule has 0 radical (unpaired) electrons. The minimum atomic E-state index is -4.13. The Kier molecular flexibility index (Phi) is 4.58. The Morgan fingerprint density at radius 2 is 2.00 bits per heavy atom. The van der Waals surface area contributed by atoms with E-state index in [9.17, 15) is 14.6 Å². The number of nitrogens with one attached hydrogen (secondary N) is 1. The third-order valence-corrected chi connectivity index (χ3v) is 2.88. The predicted octanol–water partition coefficient (Wildman–Crippen LogP) is -1.38. The molecule has 0 spiro atoms. The van der Waals surface area contributed by atoms with Gasteiger partial charge in [0.25, 0.3) is 0 Å². The Morgan fingerprint density at radius 3 is 2.44 bits per heavy atom. The van der Waals surface area contributed by atoms with E-state index in [4.69, 9.17) is 5.73 Å². The number of benzene rings is 1. The Labute approximate surface area is 98.5 Å². The lowest BCUT2D eigenvalue weighted by atomic mass is 10.1. The molecular weight excluding hydrogens is 247 g/mol. The van der Waals surface area contributed by atoms with Gasteiger partial charge in [-0.15, -0.1) is 11.8 Å². The van der Waals surface area contributed by atoms with Gasteiger partial charge in [-0.3, -0.25) is 4.79 Å². The maximum Gasteiger partial charge on any atom is 0.235 e. The molecule has 0 aliphatic heterocycles. The highest BCUT2D eigenvalue weighted by molar-refractivity contribution is 8.06. The highest BCUT2D eigenvalue weighted by Gasteiger charge is 2.14. The van der Waals surface area contributed by atoms with Crippen LogP contribution < -0.4 is 20.6 Å². The lowest BCUT2D eigenvalue weighted by Crippen LogP contribution is -2.45. The average molecular weight is 258 g/mol. The van der Waals surface area contributed by atoms with Gasteiger partial charge in [0.05, 0.1) is 6.04 Å². The van der Waals surface area contributed by atoms with Gasteiger partial charge in [0.1, 0.15) is 0 Å². The van der Waals surface area contributed by atoms with Crippen molar-refractivity contribution in [1.82, 2.24) is 5.09 Å². The Balaban J connectivity index is 2.73. The fraction of sp³-hybridized carbons (Fsp3) is 0.222. The summed E-state index contributed by atoms with van der Waals surface area (Å²) in [7, 11) is 0. The molecule has 1 rings (SSSR count). The lowest BCUT2D eigenvalue weighted by Gasteiger charge is -2.38. The monoisotopic (exact) mass is 258 g/mol. The maximum atomic E-state index is 11.0. The molecule has 1 atom stereocenters. The zero-order chi connectivity index (χ0) is 12.2. The molecule has 0 saturated carbocycles. The molecule has 0 aliphatic carbocycles. The van der Waals surface area contributed by atoms with Crippen molar-refractivity contribution in [1.29, 1.82) is 0 Å². The standard InChI is InChI=1S/C9H13N2O3PS/c10-9(12)8(11-15(13,14)16)6-7-4-2-1-3-5-7/h1-5,8H,6H2,(H2,10,12)(H3,11,13,14,16)/p-2. The highest BCUT2D eigenvalue weighted by atomic mass is 32.5. The van der Waals surface area contributed by atoms with Crippen molar-refractivity contribution in [2.75, 3.05) is 0 Å². The summed E-state index contributed by atoms with van der Waals surface area (Å²) in [5.41, 5.74) is 5.89.